The van der Waals surface area contributed by atoms with Gasteiger partial charge in [0.15, 0.2) is 0 Å². The van der Waals surface area contributed by atoms with Crippen LogP contribution in [0, 0.1) is 0 Å². The van der Waals surface area contributed by atoms with Gasteiger partial charge in [0.1, 0.15) is 5.75 Å². The average Bonchev–Trinajstić information content (AvgIpc) is 2.41. The fraction of sp³-hybridized carbons (Fsp3) is 0.455. The molecule has 1 aliphatic heterocycles. The number of hydrogen-bond acceptors (Lipinski definition) is 2. The van der Waals surface area contributed by atoms with E-state index in [0.717, 1.165) is 30.8 Å². The predicted molar refractivity (Wildman–Crippen MR) is 63.0 cm³/mol. The maximum Gasteiger partial charge on any atom is 0.125 e. The van der Waals surface area contributed by atoms with Gasteiger partial charge in [0.25, 0.3) is 0 Å². The monoisotopic (exact) mass is 245 g/mol. The van der Waals surface area contributed by atoms with E-state index in [4.69, 9.17) is 27.9 Å². The largest absolute Gasteiger partial charge is 0.493 e. The quantitative estimate of drug-likeness (QED) is 0.819. The Kier molecular flexibility index (Phi) is 3.39. The Morgan fingerprint density at radius 1 is 1.33 bits per heavy atom. The highest BCUT2D eigenvalue weighted by Crippen LogP contribution is 2.37. The van der Waals surface area contributed by atoms with Gasteiger partial charge in [-0.25, -0.2) is 0 Å². The van der Waals surface area contributed by atoms with Crippen molar-refractivity contribution in [1.82, 2.24) is 5.32 Å². The molecule has 2 nitrogen and oxygen atoms in total. The van der Waals surface area contributed by atoms with Crippen molar-refractivity contribution in [2.45, 2.75) is 18.9 Å². The van der Waals surface area contributed by atoms with Crippen LogP contribution in [0.1, 0.15) is 24.4 Å². The standard InChI is InChI=1S/C11H13Cl2NO/c1-14-10-3-2-4-15-11-6-9(13)8(12)5-7(10)11/h5-6,10,14H,2-4H2,1H3. The second-order valence-electron chi connectivity index (χ2n) is 3.64. The molecule has 1 aliphatic rings. The number of benzene rings is 1. The second kappa shape index (κ2) is 4.60. The van der Waals surface area contributed by atoms with E-state index >= 15 is 0 Å². The summed E-state index contributed by atoms with van der Waals surface area (Å²) in [6.07, 6.45) is 2.09. The number of hydrogen-bond donors (Lipinski definition) is 1. The molecule has 15 heavy (non-hydrogen) atoms. The van der Waals surface area contributed by atoms with Gasteiger partial charge in [-0.05, 0) is 26.0 Å². The van der Waals surface area contributed by atoms with Crippen LogP contribution in [0.3, 0.4) is 0 Å². The molecule has 82 valence electrons. The van der Waals surface area contributed by atoms with Crippen LogP contribution in [0.25, 0.3) is 0 Å². The topological polar surface area (TPSA) is 21.3 Å². The van der Waals surface area contributed by atoms with E-state index in [1.54, 1.807) is 6.07 Å². The van der Waals surface area contributed by atoms with Gasteiger partial charge in [0, 0.05) is 17.7 Å². The highest BCUT2D eigenvalue weighted by atomic mass is 35.5. The fourth-order valence-corrected chi connectivity index (χ4v) is 2.19. The Labute approximate surface area is 99.5 Å². The van der Waals surface area contributed by atoms with Gasteiger partial charge in [-0.2, -0.15) is 0 Å². The summed E-state index contributed by atoms with van der Waals surface area (Å²) in [7, 11) is 1.95. The van der Waals surface area contributed by atoms with Gasteiger partial charge >= 0.3 is 0 Å². The zero-order valence-corrected chi connectivity index (χ0v) is 10.0. The van der Waals surface area contributed by atoms with Crippen LogP contribution in [-0.4, -0.2) is 13.7 Å². The van der Waals surface area contributed by atoms with Crippen LogP contribution >= 0.6 is 23.2 Å². The molecule has 1 aromatic carbocycles. The molecule has 0 saturated heterocycles. The van der Waals surface area contributed by atoms with Crippen molar-refractivity contribution in [3.8, 4) is 5.75 Å². The van der Waals surface area contributed by atoms with Gasteiger partial charge in [0.05, 0.1) is 16.7 Å². The van der Waals surface area contributed by atoms with Crippen LogP contribution in [0.5, 0.6) is 5.75 Å². The third-order valence-corrected chi connectivity index (χ3v) is 3.39. The third kappa shape index (κ3) is 2.22. The van der Waals surface area contributed by atoms with Crippen molar-refractivity contribution < 1.29 is 4.74 Å². The van der Waals surface area contributed by atoms with Crippen molar-refractivity contribution in [3.05, 3.63) is 27.7 Å². The van der Waals surface area contributed by atoms with Gasteiger partial charge in [-0.15, -0.1) is 0 Å². The molecule has 2 rings (SSSR count). The summed E-state index contributed by atoms with van der Waals surface area (Å²) < 4.78 is 5.63. The Morgan fingerprint density at radius 3 is 2.80 bits per heavy atom. The molecule has 0 aliphatic carbocycles. The summed E-state index contributed by atoms with van der Waals surface area (Å²) in [6, 6.07) is 4.00. The molecule has 1 aromatic rings. The summed E-state index contributed by atoms with van der Waals surface area (Å²) in [4.78, 5) is 0. The number of fused-ring (bicyclic) bond motifs is 1. The summed E-state index contributed by atoms with van der Waals surface area (Å²) in [5.41, 5.74) is 1.10. The van der Waals surface area contributed by atoms with Gasteiger partial charge in [-0.3, -0.25) is 0 Å². The van der Waals surface area contributed by atoms with E-state index < -0.39 is 0 Å². The Morgan fingerprint density at radius 2 is 2.07 bits per heavy atom. The molecule has 1 heterocycles. The van der Waals surface area contributed by atoms with Crippen molar-refractivity contribution >= 4 is 23.2 Å². The maximum absolute atomic E-state index is 6.01. The summed E-state index contributed by atoms with van der Waals surface area (Å²) >= 11 is 12.0. The van der Waals surface area contributed by atoms with Crippen LogP contribution in [-0.2, 0) is 0 Å². The second-order valence-corrected chi connectivity index (χ2v) is 4.45. The normalized spacial score (nSPS) is 20.3. The van der Waals surface area contributed by atoms with E-state index in [2.05, 4.69) is 5.32 Å². The molecule has 0 amide bonds. The SMILES string of the molecule is CNC1CCCOc2cc(Cl)c(Cl)cc21. The molecule has 0 radical (unpaired) electrons. The van der Waals surface area contributed by atoms with Gasteiger partial charge in [0.2, 0.25) is 0 Å². The zero-order valence-electron chi connectivity index (χ0n) is 8.52. The first-order chi connectivity index (χ1) is 7.22. The van der Waals surface area contributed by atoms with Crippen molar-refractivity contribution in [3.63, 3.8) is 0 Å². The zero-order chi connectivity index (χ0) is 10.8. The van der Waals surface area contributed by atoms with E-state index in [0.29, 0.717) is 16.1 Å². The van der Waals surface area contributed by atoms with Gasteiger partial charge < -0.3 is 10.1 Å². The predicted octanol–water partition coefficient (Wildman–Crippen LogP) is 3.43. The summed E-state index contributed by atoms with van der Waals surface area (Å²) in [5, 5.41) is 4.40. The minimum Gasteiger partial charge on any atom is -0.493 e. The Bertz CT molecular complexity index is 368. The molecular weight excluding hydrogens is 233 g/mol. The lowest BCUT2D eigenvalue weighted by atomic mass is 10.0. The first-order valence-corrected chi connectivity index (χ1v) is 5.77. The maximum atomic E-state index is 6.01. The Hall–Kier alpha value is -0.440. The van der Waals surface area contributed by atoms with Crippen molar-refractivity contribution in [2.75, 3.05) is 13.7 Å². The number of halogens is 2. The van der Waals surface area contributed by atoms with Crippen LogP contribution in [0.15, 0.2) is 12.1 Å². The Balaban J connectivity index is 2.46. The van der Waals surface area contributed by atoms with Crippen molar-refractivity contribution in [1.29, 1.82) is 0 Å². The van der Waals surface area contributed by atoms with Gasteiger partial charge in [-0.1, -0.05) is 23.2 Å². The van der Waals surface area contributed by atoms with Crippen LogP contribution in [0.4, 0.5) is 0 Å². The third-order valence-electron chi connectivity index (χ3n) is 2.67. The molecule has 0 bridgehead atoms. The minimum atomic E-state index is 0.303. The smallest absolute Gasteiger partial charge is 0.125 e. The fourth-order valence-electron chi connectivity index (χ4n) is 1.87. The molecule has 0 fully saturated rings. The molecular formula is C11H13Cl2NO. The molecule has 1 unspecified atom stereocenters. The first kappa shape index (κ1) is 11.1. The van der Waals surface area contributed by atoms with Crippen LogP contribution in [0.2, 0.25) is 10.0 Å². The minimum absolute atomic E-state index is 0.303. The summed E-state index contributed by atoms with van der Waals surface area (Å²) in [5.74, 6) is 0.848. The highest BCUT2D eigenvalue weighted by molar-refractivity contribution is 6.42. The average molecular weight is 246 g/mol. The number of rotatable bonds is 1. The molecule has 4 heteroatoms. The molecule has 0 saturated carbocycles. The molecule has 0 aromatic heterocycles. The van der Waals surface area contributed by atoms with Crippen LogP contribution < -0.4 is 10.1 Å². The van der Waals surface area contributed by atoms with E-state index in [1.165, 1.54) is 0 Å². The highest BCUT2D eigenvalue weighted by Gasteiger charge is 2.19. The first-order valence-electron chi connectivity index (χ1n) is 5.01. The number of ether oxygens (including phenoxy) is 1. The molecule has 0 spiro atoms. The van der Waals surface area contributed by atoms with E-state index in [9.17, 15) is 0 Å². The lowest BCUT2D eigenvalue weighted by Crippen LogP contribution is -2.15. The lowest BCUT2D eigenvalue weighted by Gasteiger charge is -2.16. The van der Waals surface area contributed by atoms with Crippen molar-refractivity contribution in [2.24, 2.45) is 0 Å². The number of nitrogens with one attached hydrogen (secondary N) is 1. The lowest BCUT2D eigenvalue weighted by molar-refractivity contribution is 0.315. The molecule has 1 N–H and O–H groups in total. The molecule has 1 atom stereocenters. The van der Waals surface area contributed by atoms with E-state index in [-0.39, 0.29) is 0 Å². The van der Waals surface area contributed by atoms with E-state index in [1.807, 2.05) is 13.1 Å². The summed E-state index contributed by atoms with van der Waals surface area (Å²) in [6.45, 7) is 0.739.